The zero-order valence-corrected chi connectivity index (χ0v) is 9.47. The number of carbonyl (C=O) groups excluding carboxylic acids is 1. The molecule has 4 nitrogen and oxygen atoms in total. The van der Waals surface area contributed by atoms with Gasteiger partial charge in [0.05, 0.1) is 17.7 Å². The highest BCUT2D eigenvalue weighted by Gasteiger charge is 2.60. The van der Waals surface area contributed by atoms with Crippen molar-refractivity contribution in [1.29, 1.82) is 0 Å². The average molecular weight is 230 g/mol. The maximum Gasteiger partial charge on any atom is 0.235 e. The normalized spacial score (nSPS) is 23.6. The van der Waals surface area contributed by atoms with Gasteiger partial charge in [0.1, 0.15) is 0 Å². The summed E-state index contributed by atoms with van der Waals surface area (Å²) in [7, 11) is 0. The van der Waals surface area contributed by atoms with Crippen molar-refractivity contribution in [2.75, 3.05) is 6.54 Å². The minimum Gasteiger partial charge on any atom is -0.411 e. The summed E-state index contributed by atoms with van der Waals surface area (Å²) in [5.74, 6) is 0.120. The van der Waals surface area contributed by atoms with Crippen molar-refractivity contribution in [3.8, 4) is 0 Å². The van der Waals surface area contributed by atoms with E-state index in [9.17, 15) is 4.79 Å². The van der Waals surface area contributed by atoms with Gasteiger partial charge in [-0.25, -0.2) is 0 Å². The molecule has 1 N–H and O–H groups in total. The standard InChI is InChI=1S/C13H14N2O2/c16-12-13(6-7-13)11(14-17)9-15(12)8-10-4-2-1-3-5-10/h1-5,17H,6-9H2/b14-11+. The van der Waals surface area contributed by atoms with Crippen LogP contribution in [0.25, 0.3) is 0 Å². The molecule has 1 saturated heterocycles. The Morgan fingerprint density at radius 3 is 2.53 bits per heavy atom. The molecule has 2 fully saturated rings. The number of hydrogen-bond acceptors (Lipinski definition) is 3. The van der Waals surface area contributed by atoms with Crippen LogP contribution in [0.5, 0.6) is 0 Å². The van der Waals surface area contributed by atoms with Gasteiger partial charge in [-0.3, -0.25) is 4.79 Å². The van der Waals surface area contributed by atoms with Crippen molar-refractivity contribution >= 4 is 11.6 Å². The Morgan fingerprint density at radius 1 is 1.29 bits per heavy atom. The molecule has 0 unspecified atom stereocenters. The van der Waals surface area contributed by atoms with Crippen LogP contribution in [0.3, 0.4) is 0 Å². The first kappa shape index (κ1) is 10.3. The highest BCUT2D eigenvalue weighted by atomic mass is 16.4. The summed E-state index contributed by atoms with van der Waals surface area (Å²) < 4.78 is 0. The van der Waals surface area contributed by atoms with Crippen LogP contribution >= 0.6 is 0 Å². The second-order valence-electron chi connectivity index (χ2n) is 4.78. The molecule has 1 spiro atoms. The van der Waals surface area contributed by atoms with Crippen LogP contribution in [0.15, 0.2) is 35.5 Å². The van der Waals surface area contributed by atoms with E-state index in [1.807, 2.05) is 30.3 Å². The molecule has 0 atom stereocenters. The van der Waals surface area contributed by atoms with Crippen LogP contribution in [0, 0.1) is 5.41 Å². The molecule has 1 saturated carbocycles. The lowest BCUT2D eigenvalue weighted by Crippen LogP contribution is -2.27. The quantitative estimate of drug-likeness (QED) is 0.620. The first-order chi connectivity index (χ1) is 8.26. The number of amides is 1. The van der Waals surface area contributed by atoms with Crippen LogP contribution in [0.2, 0.25) is 0 Å². The van der Waals surface area contributed by atoms with E-state index in [0.29, 0.717) is 18.8 Å². The first-order valence-corrected chi connectivity index (χ1v) is 5.81. The summed E-state index contributed by atoms with van der Waals surface area (Å²) in [6, 6.07) is 9.88. The lowest BCUT2D eigenvalue weighted by atomic mass is 10.0. The number of carbonyl (C=O) groups is 1. The van der Waals surface area contributed by atoms with E-state index in [1.54, 1.807) is 4.90 Å². The van der Waals surface area contributed by atoms with E-state index in [4.69, 9.17) is 5.21 Å². The fraction of sp³-hybridized carbons (Fsp3) is 0.385. The van der Waals surface area contributed by atoms with Crippen molar-refractivity contribution in [3.63, 3.8) is 0 Å². The van der Waals surface area contributed by atoms with E-state index in [2.05, 4.69) is 5.16 Å². The Balaban J connectivity index is 1.80. The molecular formula is C13H14N2O2. The molecule has 3 rings (SSSR count). The van der Waals surface area contributed by atoms with E-state index in [1.165, 1.54) is 0 Å². The molecule has 1 heterocycles. The van der Waals surface area contributed by atoms with Gasteiger partial charge in [0.25, 0.3) is 0 Å². The third kappa shape index (κ3) is 1.52. The molecule has 1 aromatic rings. The third-order valence-electron chi connectivity index (χ3n) is 3.68. The fourth-order valence-corrected chi connectivity index (χ4v) is 2.52. The topological polar surface area (TPSA) is 52.9 Å². The molecule has 1 amide bonds. The van der Waals surface area contributed by atoms with Crippen molar-refractivity contribution in [1.82, 2.24) is 4.90 Å². The second-order valence-corrected chi connectivity index (χ2v) is 4.78. The summed E-state index contributed by atoms with van der Waals surface area (Å²) in [5, 5.41) is 12.3. The van der Waals surface area contributed by atoms with Crippen molar-refractivity contribution < 1.29 is 10.0 Å². The molecule has 1 aliphatic heterocycles. The predicted octanol–water partition coefficient (Wildman–Crippen LogP) is 1.64. The number of nitrogens with zero attached hydrogens (tertiary/aromatic N) is 2. The minimum absolute atomic E-state index is 0.120. The van der Waals surface area contributed by atoms with E-state index >= 15 is 0 Å². The molecule has 1 aromatic carbocycles. The lowest BCUT2D eigenvalue weighted by Gasteiger charge is -2.15. The zero-order valence-electron chi connectivity index (χ0n) is 9.47. The van der Waals surface area contributed by atoms with Gasteiger partial charge >= 0.3 is 0 Å². The van der Waals surface area contributed by atoms with Gasteiger partial charge < -0.3 is 10.1 Å². The van der Waals surface area contributed by atoms with Crippen LogP contribution in [-0.2, 0) is 11.3 Å². The highest BCUT2D eigenvalue weighted by Crippen LogP contribution is 2.52. The number of likely N-dealkylation sites (tertiary alicyclic amines) is 1. The molecule has 2 aliphatic rings. The van der Waals surface area contributed by atoms with Crippen LogP contribution < -0.4 is 0 Å². The Hall–Kier alpha value is -1.84. The van der Waals surface area contributed by atoms with Gasteiger partial charge in [-0.15, -0.1) is 0 Å². The van der Waals surface area contributed by atoms with Gasteiger partial charge in [0, 0.05) is 6.54 Å². The number of oxime groups is 1. The number of benzene rings is 1. The second kappa shape index (κ2) is 3.58. The zero-order chi connectivity index (χ0) is 11.9. The fourth-order valence-electron chi connectivity index (χ4n) is 2.52. The molecule has 0 bridgehead atoms. The van der Waals surface area contributed by atoms with Crippen LogP contribution in [0.1, 0.15) is 18.4 Å². The Kier molecular flexibility index (Phi) is 2.18. The minimum atomic E-state index is -0.441. The Bertz CT molecular complexity index is 477. The van der Waals surface area contributed by atoms with Gasteiger partial charge in [0.15, 0.2) is 0 Å². The van der Waals surface area contributed by atoms with E-state index in [0.717, 1.165) is 18.4 Å². The van der Waals surface area contributed by atoms with E-state index < -0.39 is 5.41 Å². The molecular weight excluding hydrogens is 216 g/mol. The molecule has 4 heteroatoms. The van der Waals surface area contributed by atoms with Crippen molar-refractivity contribution in [3.05, 3.63) is 35.9 Å². The summed E-state index contributed by atoms with van der Waals surface area (Å²) >= 11 is 0. The van der Waals surface area contributed by atoms with Gasteiger partial charge in [-0.05, 0) is 18.4 Å². The summed E-state index contributed by atoms with van der Waals surface area (Å²) in [5.41, 5.74) is 1.30. The number of rotatable bonds is 2. The third-order valence-corrected chi connectivity index (χ3v) is 3.68. The summed E-state index contributed by atoms with van der Waals surface area (Å²) in [4.78, 5) is 14.0. The van der Waals surface area contributed by atoms with Gasteiger partial charge in [0.2, 0.25) is 5.91 Å². The molecule has 1 aliphatic carbocycles. The molecule has 88 valence electrons. The van der Waals surface area contributed by atoms with Crippen molar-refractivity contribution in [2.45, 2.75) is 19.4 Å². The molecule has 0 aromatic heterocycles. The lowest BCUT2D eigenvalue weighted by molar-refractivity contribution is -0.132. The highest BCUT2D eigenvalue weighted by molar-refractivity contribution is 6.17. The monoisotopic (exact) mass is 230 g/mol. The van der Waals surface area contributed by atoms with Gasteiger partial charge in [-0.2, -0.15) is 0 Å². The van der Waals surface area contributed by atoms with Crippen LogP contribution in [0.4, 0.5) is 0 Å². The summed E-state index contributed by atoms with van der Waals surface area (Å²) in [6.07, 6.45) is 1.66. The Labute approximate surface area is 99.5 Å². The maximum absolute atomic E-state index is 12.2. The first-order valence-electron chi connectivity index (χ1n) is 5.81. The summed E-state index contributed by atoms with van der Waals surface area (Å²) in [6.45, 7) is 1.06. The number of hydrogen-bond donors (Lipinski definition) is 1. The maximum atomic E-state index is 12.2. The molecule has 0 radical (unpaired) electrons. The SMILES string of the molecule is O=C1N(Cc2ccccc2)C/C(=N\O)C12CC2. The predicted molar refractivity (Wildman–Crippen MR) is 62.7 cm³/mol. The van der Waals surface area contributed by atoms with Crippen LogP contribution in [-0.4, -0.2) is 28.3 Å². The Morgan fingerprint density at radius 2 is 2.00 bits per heavy atom. The molecule has 17 heavy (non-hydrogen) atoms. The van der Waals surface area contributed by atoms with E-state index in [-0.39, 0.29) is 5.91 Å². The smallest absolute Gasteiger partial charge is 0.235 e. The van der Waals surface area contributed by atoms with Crippen molar-refractivity contribution in [2.24, 2.45) is 10.6 Å². The largest absolute Gasteiger partial charge is 0.411 e. The average Bonchev–Trinajstić information content (AvgIpc) is 3.11. The van der Waals surface area contributed by atoms with Gasteiger partial charge in [-0.1, -0.05) is 35.5 Å².